The van der Waals surface area contributed by atoms with Gasteiger partial charge in [0, 0.05) is 5.69 Å². The number of nitrogen functional groups attached to an aromatic ring is 1. The van der Waals surface area contributed by atoms with Gasteiger partial charge in [-0.05, 0) is 44.5 Å². The van der Waals surface area contributed by atoms with E-state index < -0.39 is 11.7 Å². The van der Waals surface area contributed by atoms with Crippen LogP contribution >= 0.6 is 0 Å². The van der Waals surface area contributed by atoms with Crippen molar-refractivity contribution in [2.45, 2.75) is 26.9 Å². The fourth-order valence-corrected chi connectivity index (χ4v) is 1.88. The molecule has 0 aliphatic carbocycles. The summed E-state index contributed by atoms with van der Waals surface area (Å²) in [6.07, 6.45) is -4.39. The van der Waals surface area contributed by atoms with E-state index in [1.165, 1.54) is 6.07 Å². The Hall–Kier alpha value is -1.98. The predicted octanol–water partition coefficient (Wildman–Crippen LogP) is 3.40. The SMILES string of the molecule is Cc1nn(-c2ccc(C(F)(F)F)cc2N)c(C)c1C. The zero-order chi connectivity index (χ0) is 14.4. The minimum atomic E-state index is -4.39. The molecule has 6 heteroatoms. The summed E-state index contributed by atoms with van der Waals surface area (Å²) in [5.74, 6) is 0. The smallest absolute Gasteiger partial charge is 0.397 e. The van der Waals surface area contributed by atoms with Crippen molar-refractivity contribution in [3.8, 4) is 5.69 Å². The van der Waals surface area contributed by atoms with E-state index in [4.69, 9.17) is 5.73 Å². The Morgan fingerprint density at radius 2 is 1.79 bits per heavy atom. The average molecular weight is 269 g/mol. The number of benzene rings is 1. The van der Waals surface area contributed by atoms with Crippen LogP contribution in [0.5, 0.6) is 0 Å². The van der Waals surface area contributed by atoms with Crippen LogP contribution < -0.4 is 5.73 Å². The molecule has 19 heavy (non-hydrogen) atoms. The second-order valence-corrected chi connectivity index (χ2v) is 4.48. The van der Waals surface area contributed by atoms with Crippen molar-refractivity contribution in [1.82, 2.24) is 9.78 Å². The van der Waals surface area contributed by atoms with Crippen molar-refractivity contribution < 1.29 is 13.2 Å². The van der Waals surface area contributed by atoms with E-state index in [1.54, 1.807) is 4.68 Å². The average Bonchev–Trinajstić information content (AvgIpc) is 2.56. The van der Waals surface area contributed by atoms with Gasteiger partial charge < -0.3 is 5.73 Å². The zero-order valence-electron chi connectivity index (χ0n) is 10.8. The maximum Gasteiger partial charge on any atom is 0.416 e. The molecular formula is C13H14F3N3. The maximum atomic E-state index is 12.6. The molecule has 0 aliphatic rings. The molecule has 0 fully saturated rings. The molecule has 3 nitrogen and oxygen atoms in total. The van der Waals surface area contributed by atoms with Gasteiger partial charge in [0.05, 0.1) is 22.6 Å². The highest BCUT2D eigenvalue weighted by molar-refractivity contribution is 5.60. The van der Waals surface area contributed by atoms with Crippen molar-refractivity contribution in [2.24, 2.45) is 0 Å². The van der Waals surface area contributed by atoms with Gasteiger partial charge in [0.25, 0.3) is 0 Å². The van der Waals surface area contributed by atoms with Gasteiger partial charge in [-0.2, -0.15) is 18.3 Å². The molecule has 0 saturated heterocycles. The Morgan fingerprint density at radius 3 is 2.21 bits per heavy atom. The first kappa shape index (κ1) is 13.5. The Balaban J connectivity index is 2.55. The lowest BCUT2D eigenvalue weighted by Crippen LogP contribution is -2.09. The van der Waals surface area contributed by atoms with Crippen LogP contribution in [-0.2, 0) is 6.18 Å². The van der Waals surface area contributed by atoms with E-state index in [1.807, 2.05) is 20.8 Å². The van der Waals surface area contributed by atoms with Crippen LogP contribution in [0.2, 0.25) is 0 Å². The molecular weight excluding hydrogens is 255 g/mol. The first-order valence-corrected chi connectivity index (χ1v) is 5.71. The normalized spacial score (nSPS) is 11.9. The number of aromatic nitrogens is 2. The van der Waals surface area contributed by atoms with Crippen molar-refractivity contribution in [1.29, 1.82) is 0 Å². The molecule has 0 amide bonds. The van der Waals surface area contributed by atoms with Gasteiger partial charge in [-0.25, -0.2) is 4.68 Å². The number of hydrogen-bond acceptors (Lipinski definition) is 2. The van der Waals surface area contributed by atoms with Gasteiger partial charge in [0.1, 0.15) is 0 Å². The van der Waals surface area contributed by atoms with Crippen LogP contribution in [-0.4, -0.2) is 9.78 Å². The Kier molecular flexibility index (Phi) is 3.04. The molecule has 1 aromatic carbocycles. The summed E-state index contributed by atoms with van der Waals surface area (Å²) in [5, 5.41) is 4.29. The largest absolute Gasteiger partial charge is 0.416 e. The fraction of sp³-hybridized carbons (Fsp3) is 0.308. The lowest BCUT2D eigenvalue weighted by atomic mass is 10.1. The van der Waals surface area contributed by atoms with E-state index in [0.29, 0.717) is 5.69 Å². The molecule has 102 valence electrons. The standard InChI is InChI=1S/C13H14F3N3/c1-7-8(2)18-19(9(7)3)12-5-4-10(6-11(12)17)13(14,15)16/h4-6H,17H2,1-3H3. The number of hydrogen-bond donors (Lipinski definition) is 1. The lowest BCUT2D eigenvalue weighted by molar-refractivity contribution is -0.137. The first-order chi connectivity index (χ1) is 8.71. The van der Waals surface area contributed by atoms with E-state index >= 15 is 0 Å². The third-order valence-corrected chi connectivity index (χ3v) is 3.24. The summed E-state index contributed by atoms with van der Waals surface area (Å²) >= 11 is 0. The number of rotatable bonds is 1. The van der Waals surface area contributed by atoms with Crippen LogP contribution in [0.3, 0.4) is 0 Å². The molecule has 0 radical (unpaired) electrons. The molecule has 0 bridgehead atoms. The minimum absolute atomic E-state index is 0.0559. The summed E-state index contributed by atoms with van der Waals surface area (Å²) in [5.41, 5.74) is 8.17. The quantitative estimate of drug-likeness (QED) is 0.806. The van der Waals surface area contributed by atoms with Gasteiger partial charge in [0.2, 0.25) is 0 Å². The van der Waals surface area contributed by atoms with E-state index in [0.717, 1.165) is 29.1 Å². The van der Waals surface area contributed by atoms with Crippen LogP contribution in [0.15, 0.2) is 18.2 Å². The number of nitrogens with two attached hydrogens (primary N) is 1. The minimum Gasteiger partial charge on any atom is -0.397 e. The van der Waals surface area contributed by atoms with Crippen LogP contribution in [0.4, 0.5) is 18.9 Å². The number of anilines is 1. The van der Waals surface area contributed by atoms with E-state index in [-0.39, 0.29) is 5.69 Å². The summed E-state index contributed by atoms with van der Waals surface area (Å²) in [7, 11) is 0. The van der Waals surface area contributed by atoms with Crippen molar-refractivity contribution in [3.63, 3.8) is 0 Å². The predicted molar refractivity (Wildman–Crippen MR) is 67.2 cm³/mol. The molecule has 0 spiro atoms. The molecule has 0 saturated carbocycles. The van der Waals surface area contributed by atoms with Gasteiger partial charge in [-0.1, -0.05) is 0 Å². The lowest BCUT2D eigenvalue weighted by Gasteiger charge is -2.12. The number of nitrogens with zero attached hydrogens (tertiary/aromatic N) is 2. The topological polar surface area (TPSA) is 43.8 Å². The summed E-state index contributed by atoms with van der Waals surface area (Å²) in [4.78, 5) is 0. The maximum absolute atomic E-state index is 12.6. The van der Waals surface area contributed by atoms with Crippen molar-refractivity contribution >= 4 is 5.69 Å². The zero-order valence-corrected chi connectivity index (χ0v) is 10.8. The van der Waals surface area contributed by atoms with Crippen LogP contribution in [0, 0.1) is 20.8 Å². The molecule has 2 aromatic rings. The van der Waals surface area contributed by atoms with Gasteiger partial charge in [-0.15, -0.1) is 0 Å². The Bertz CT molecular complexity index is 627. The van der Waals surface area contributed by atoms with Gasteiger partial charge in [-0.3, -0.25) is 0 Å². The molecule has 0 unspecified atom stereocenters. The molecule has 0 aliphatic heterocycles. The molecule has 2 rings (SSSR count). The third-order valence-electron chi connectivity index (χ3n) is 3.24. The third kappa shape index (κ3) is 2.30. The molecule has 2 N–H and O–H groups in total. The van der Waals surface area contributed by atoms with Gasteiger partial charge >= 0.3 is 6.18 Å². The van der Waals surface area contributed by atoms with E-state index in [2.05, 4.69) is 5.10 Å². The highest BCUT2D eigenvalue weighted by Gasteiger charge is 2.31. The fourth-order valence-electron chi connectivity index (χ4n) is 1.88. The summed E-state index contributed by atoms with van der Waals surface area (Å²) in [6.45, 7) is 5.61. The summed E-state index contributed by atoms with van der Waals surface area (Å²) < 4.78 is 39.3. The Labute approximate surface area is 108 Å². The van der Waals surface area contributed by atoms with E-state index in [9.17, 15) is 13.2 Å². The second kappa shape index (κ2) is 4.29. The Morgan fingerprint density at radius 1 is 1.16 bits per heavy atom. The monoisotopic (exact) mass is 269 g/mol. The summed E-state index contributed by atoms with van der Waals surface area (Å²) in [6, 6.07) is 3.29. The highest BCUT2D eigenvalue weighted by atomic mass is 19.4. The number of halogens is 3. The molecule has 1 aromatic heterocycles. The van der Waals surface area contributed by atoms with Crippen molar-refractivity contribution in [3.05, 3.63) is 40.7 Å². The first-order valence-electron chi connectivity index (χ1n) is 5.71. The van der Waals surface area contributed by atoms with Gasteiger partial charge in [0.15, 0.2) is 0 Å². The number of aryl methyl sites for hydroxylation is 1. The molecule has 1 heterocycles. The number of alkyl halides is 3. The van der Waals surface area contributed by atoms with Crippen LogP contribution in [0.1, 0.15) is 22.5 Å². The van der Waals surface area contributed by atoms with Crippen molar-refractivity contribution in [2.75, 3.05) is 5.73 Å². The second-order valence-electron chi connectivity index (χ2n) is 4.48. The highest BCUT2D eigenvalue weighted by Crippen LogP contribution is 2.32. The molecule has 0 atom stereocenters. The van der Waals surface area contributed by atoms with Crippen LogP contribution in [0.25, 0.3) is 5.69 Å².